The highest BCUT2D eigenvalue weighted by Crippen LogP contribution is 2.42. The van der Waals surface area contributed by atoms with Gasteiger partial charge in [-0.15, -0.1) is 0 Å². The maximum Gasteiger partial charge on any atom is 0.418 e. The molecule has 0 spiro atoms. The quantitative estimate of drug-likeness (QED) is 0.241. The van der Waals surface area contributed by atoms with Gasteiger partial charge < -0.3 is 19.5 Å². The van der Waals surface area contributed by atoms with Gasteiger partial charge >= 0.3 is 6.18 Å². The Hall–Kier alpha value is -3.51. The smallest absolute Gasteiger partial charge is 0.378 e. The Kier molecular flexibility index (Phi) is 7.58. The highest BCUT2D eigenvalue weighted by Gasteiger charge is 2.40. The summed E-state index contributed by atoms with van der Waals surface area (Å²) in [5.41, 5.74) is -1.53. The molecule has 2 aliphatic rings. The van der Waals surface area contributed by atoms with E-state index in [4.69, 9.17) is 4.74 Å². The molecule has 0 radical (unpaired) electrons. The van der Waals surface area contributed by atoms with Gasteiger partial charge in [0.1, 0.15) is 5.82 Å². The summed E-state index contributed by atoms with van der Waals surface area (Å²) in [6.45, 7) is 2.67. The Morgan fingerprint density at radius 1 is 1.10 bits per heavy atom. The number of aromatic nitrogens is 1. The van der Waals surface area contributed by atoms with Crippen molar-refractivity contribution in [1.82, 2.24) is 9.88 Å². The van der Waals surface area contributed by atoms with Crippen molar-refractivity contribution in [1.29, 1.82) is 0 Å². The van der Waals surface area contributed by atoms with E-state index in [0.29, 0.717) is 5.57 Å². The summed E-state index contributed by atoms with van der Waals surface area (Å²) in [6, 6.07) is 7.53. The van der Waals surface area contributed by atoms with E-state index in [-0.39, 0.29) is 71.6 Å². The van der Waals surface area contributed by atoms with E-state index in [9.17, 15) is 31.9 Å². The molecule has 1 saturated heterocycles. The van der Waals surface area contributed by atoms with Gasteiger partial charge in [-0.05, 0) is 23.8 Å². The average molecular weight is 622 g/mol. The molecule has 40 heavy (non-hydrogen) atoms. The molecule has 12 heteroatoms. The summed E-state index contributed by atoms with van der Waals surface area (Å²) in [7, 11) is 0. The number of hydrogen-bond donors (Lipinski definition) is 1. The molecule has 1 atom stereocenters. The number of aromatic amines is 1. The van der Waals surface area contributed by atoms with Crippen molar-refractivity contribution in [3.63, 3.8) is 0 Å². The van der Waals surface area contributed by atoms with Gasteiger partial charge in [0.05, 0.1) is 35.5 Å². The number of amides is 1. The molecular weight excluding hydrogens is 598 g/mol. The lowest BCUT2D eigenvalue weighted by molar-refractivity contribution is -0.137. The van der Waals surface area contributed by atoms with Crippen molar-refractivity contribution in [2.45, 2.75) is 13.1 Å². The lowest BCUT2D eigenvalue weighted by Crippen LogP contribution is -2.41. The highest BCUT2D eigenvalue weighted by molar-refractivity contribution is 9.10. The third-order valence-corrected chi connectivity index (χ3v) is 7.67. The summed E-state index contributed by atoms with van der Waals surface area (Å²) in [6.07, 6.45) is -3.10. The standard InChI is InChI=1S/C28H24BrF4N3O4/c1-15(26(38)19-13-23(37)34-24-18(19)3-2-4-22(24)30)16-5-6-36(14-16)25-20(27(39)35-7-9-40-10-8-35)11-17(29)12-21(25)28(31,32)33/h2-5,11-13,15H,6-10,14H2,1H3,(H,34,37)/t15-/m1/s1. The molecule has 3 heterocycles. The van der Waals surface area contributed by atoms with Crippen molar-refractivity contribution < 1.29 is 31.9 Å². The summed E-state index contributed by atoms with van der Waals surface area (Å²) < 4.78 is 62.5. The molecule has 0 saturated carbocycles. The van der Waals surface area contributed by atoms with E-state index in [2.05, 4.69) is 20.9 Å². The van der Waals surface area contributed by atoms with Crippen LogP contribution in [-0.2, 0) is 10.9 Å². The van der Waals surface area contributed by atoms with Crippen LogP contribution in [-0.4, -0.2) is 61.0 Å². The van der Waals surface area contributed by atoms with Crippen molar-refractivity contribution >= 4 is 44.2 Å². The molecule has 1 amide bonds. The molecule has 7 nitrogen and oxygen atoms in total. The van der Waals surface area contributed by atoms with E-state index in [1.54, 1.807) is 13.0 Å². The maximum absolute atomic E-state index is 14.3. The highest BCUT2D eigenvalue weighted by atomic mass is 79.9. The van der Waals surface area contributed by atoms with Crippen LogP contribution in [0.15, 0.2) is 57.3 Å². The molecule has 3 aromatic rings. The molecule has 0 aliphatic carbocycles. The first kappa shape index (κ1) is 28.0. The minimum Gasteiger partial charge on any atom is -0.378 e. The fourth-order valence-electron chi connectivity index (χ4n) is 5.17. The molecule has 1 fully saturated rings. The first-order valence-corrected chi connectivity index (χ1v) is 13.3. The van der Waals surface area contributed by atoms with Gasteiger partial charge in [-0.25, -0.2) is 4.39 Å². The van der Waals surface area contributed by atoms with Gasteiger partial charge in [0.2, 0.25) is 5.56 Å². The molecule has 2 aromatic carbocycles. The fourth-order valence-corrected chi connectivity index (χ4v) is 5.62. The lowest BCUT2D eigenvalue weighted by Gasteiger charge is -2.31. The molecule has 210 valence electrons. The molecule has 0 bridgehead atoms. The Morgan fingerprint density at radius 3 is 2.52 bits per heavy atom. The van der Waals surface area contributed by atoms with Crippen LogP contribution in [0.3, 0.4) is 0 Å². The topological polar surface area (TPSA) is 82.7 Å². The number of benzene rings is 2. The number of morpholine rings is 1. The van der Waals surface area contributed by atoms with Crippen molar-refractivity contribution in [2.24, 2.45) is 5.92 Å². The average Bonchev–Trinajstić information content (AvgIpc) is 3.41. The van der Waals surface area contributed by atoms with E-state index in [1.165, 1.54) is 34.1 Å². The largest absolute Gasteiger partial charge is 0.418 e. The van der Waals surface area contributed by atoms with Crippen LogP contribution in [0.5, 0.6) is 0 Å². The number of ketones is 1. The number of H-pyrrole nitrogens is 1. The predicted octanol–water partition coefficient (Wildman–Crippen LogP) is 5.19. The number of carbonyl (C=O) groups is 2. The van der Waals surface area contributed by atoms with E-state index in [1.807, 2.05) is 0 Å². The number of halogens is 5. The minimum atomic E-state index is -4.75. The number of rotatable bonds is 5. The maximum atomic E-state index is 14.3. The number of anilines is 1. The summed E-state index contributed by atoms with van der Waals surface area (Å²) in [4.78, 5) is 44.4. The monoisotopic (exact) mass is 621 g/mol. The number of alkyl halides is 3. The Balaban J connectivity index is 1.49. The minimum absolute atomic E-state index is 0.0212. The summed E-state index contributed by atoms with van der Waals surface area (Å²) >= 11 is 3.12. The zero-order chi connectivity index (χ0) is 28.8. The van der Waals surface area contributed by atoms with Gasteiger partial charge in [-0.2, -0.15) is 13.2 Å². The molecule has 1 aromatic heterocycles. The second kappa shape index (κ2) is 10.8. The molecule has 2 aliphatic heterocycles. The van der Waals surface area contributed by atoms with Crippen LogP contribution < -0.4 is 10.5 Å². The van der Waals surface area contributed by atoms with Gasteiger partial charge in [0.15, 0.2) is 5.78 Å². The van der Waals surface area contributed by atoms with E-state index in [0.717, 1.165) is 12.1 Å². The second-order valence-corrected chi connectivity index (χ2v) is 10.6. The number of pyridine rings is 1. The number of carbonyl (C=O) groups excluding carboxylic acids is 2. The number of para-hydroxylation sites is 1. The normalized spacial score (nSPS) is 16.8. The molecular formula is C28H24BrF4N3O4. The van der Waals surface area contributed by atoms with Crippen LogP contribution in [0.4, 0.5) is 23.2 Å². The number of Topliss-reactive ketones (excluding diaryl/α,β-unsaturated/α-hetero) is 1. The Labute approximate surface area is 234 Å². The molecule has 5 rings (SSSR count). The zero-order valence-electron chi connectivity index (χ0n) is 21.3. The first-order chi connectivity index (χ1) is 19.0. The summed E-state index contributed by atoms with van der Waals surface area (Å²) in [5, 5.41) is 0.234. The van der Waals surface area contributed by atoms with Crippen LogP contribution in [0.1, 0.15) is 33.2 Å². The fraction of sp³-hybridized carbons (Fsp3) is 0.321. The zero-order valence-corrected chi connectivity index (χ0v) is 22.9. The van der Waals surface area contributed by atoms with Crippen LogP contribution in [0.2, 0.25) is 0 Å². The lowest BCUT2D eigenvalue weighted by atomic mass is 9.90. The van der Waals surface area contributed by atoms with E-state index >= 15 is 0 Å². The SMILES string of the molecule is C[C@@H](C(=O)c1cc(=O)[nH]c2c(F)cccc12)C1=CCN(c2c(C(=O)N3CCOCC3)cc(Br)cc2C(F)(F)F)C1. The Morgan fingerprint density at radius 2 is 1.82 bits per heavy atom. The number of nitrogens with one attached hydrogen (secondary N) is 1. The van der Waals surface area contributed by atoms with Gasteiger partial charge in [0, 0.05) is 53.6 Å². The first-order valence-electron chi connectivity index (χ1n) is 12.5. The second-order valence-electron chi connectivity index (χ2n) is 9.71. The number of hydrogen-bond acceptors (Lipinski definition) is 5. The van der Waals surface area contributed by atoms with Gasteiger partial charge in [-0.1, -0.05) is 41.1 Å². The van der Waals surface area contributed by atoms with Crippen molar-refractivity contribution in [2.75, 3.05) is 44.3 Å². The molecule has 0 unspecified atom stereocenters. The summed E-state index contributed by atoms with van der Waals surface area (Å²) in [5.74, 6) is -2.51. The van der Waals surface area contributed by atoms with Gasteiger partial charge in [0.25, 0.3) is 5.91 Å². The van der Waals surface area contributed by atoms with Crippen LogP contribution >= 0.6 is 15.9 Å². The number of ether oxygens (including phenoxy) is 1. The number of fused-ring (bicyclic) bond motifs is 1. The van der Waals surface area contributed by atoms with E-state index < -0.39 is 40.7 Å². The third kappa shape index (κ3) is 5.29. The predicted molar refractivity (Wildman–Crippen MR) is 144 cm³/mol. The van der Waals surface area contributed by atoms with Crippen molar-refractivity contribution in [3.8, 4) is 0 Å². The Bertz CT molecular complexity index is 1590. The van der Waals surface area contributed by atoms with Crippen LogP contribution in [0, 0.1) is 11.7 Å². The van der Waals surface area contributed by atoms with Crippen molar-refractivity contribution in [3.05, 3.63) is 85.4 Å². The van der Waals surface area contributed by atoms with Gasteiger partial charge in [-0.3, -0.25) is 14.4 Å². The third-order valence-electron chi connectivity index (χ3n) is 7.21. The molecule has 1 N–H and O–H groups in total. The van der Waals surface area contributed by atoms with Crippen LogP contribution in [0.25, 0.3) is 10.9 Å². The number of nitrogens with zero attached hydrogens (tertiary/aromatic N) is 2.